The van der Waals surface area contributed by atoms with E-state index in [9.17, 15) is 4.79 Å². The topological polar surface area (TPSA) is 29.1 Å². The summed E-state index contributed by atoms with van der Waals surface area (Å²) in [6.07, 6.45) is 0.412. The summed E-state index contributed by atoms with van der Waals surface area (Å²) in [6.45, 7) is 6.05. The van der Waals surface area contributed by atoms with Crippen LogP contribution >= 0.6 is 0 Å². The summed E-state index contributed by atoms with van der Waals surface area (Å²) in [5.41, 5.74) is 5.34. The third kappa shape index (κ3) is 3.44. The number of benzene rings is 2. The van der Waals surface area contributed by atoms with Crippen molar-refractivity contribution in [3.63, 3.8) is 0 Å². The summed E-state index contributed by atoms with van der Waals surface area (Å²) in [4.78, 5) is 12.1. The molecule has 0 aromatic heterocycles. The van der Waals surface area contributed by atoms with Crippen molar-refractivity contribution < 1.29 is 4.79 Å². The van der Waals surface area contributed by atoms with E-state index in [0.29, 0.717) is 6.42 Å². The van der Waals surface area contributed by atoms with Crippen molar-refractivity contribution in [1.29, 1.82) is 0 Å². The van der Waals surface area contributed by atoms with Crippen LogP contribution in [0.25, 0.3) is 0 Å². The van der Waals surface area contributed by atoms with E-state index in [1.54, 1.807) is 0 Å². The smallest absolute Gasteiger partial charge is 0.228 e. The predicted molar refractivity (Wildman–Crippen MR) is 79.4 cm³/mol. The maximum absolute atomic E-state index is 12.1. The molecule has 0 saturated carbocycles. The van der Waals surface area contributed by atoms with Crippen molar-refractivity contribution in [3.05, 3.63) is 64.7 Å². The number of carbonyl (C=O) groups excluding carboxylic acids is 1. The van der Waals surface area contributed by atoms with Crippen LogP contribution in [-0.2, 0) is 11.2 Å². The van der Waals surface area contributed by atoms with E-state index in [-0.39, 0.29) is 5.91 Å². The largest absolute Gasteiger partial charge is 0.325 e. The Morgan fingerprint density at radius 1 is 1.00 bits per heavy atom. The highest BCUT2D eigenvalue weighted by atomic mass is 16.1. The van der Waals surface area contributed by atoms with Gasteiger partial charge in [-0.15, -0.1) is 0 Å². The van der Waals surface area contributed by atoms with Crippen LogP contribution in [0.1, 0.15) is 22.3 Å². The fourth-order valence-electron chi connectivity index (χ4n) is 2.20. The number of hydrogen-bond acceptors (Lipinski definition) is 1. The van der Waals surface area contributed by atoms with E-state index in [0.717, 1.165) is 22.4 Å². The minimum Gasteiger partial charge on any atom is -0.325 e. The number of aryl methyl sites for hydroxylation is 3. The van der Waals surface area contributed by atoms with Crippen molar-refractivity contribution in [1.82, 2.24) is 0 Å². The van der Waals surface area contributed by atoms with Gasteiger partial charge in [0.25, 0.3) is 0 Å². The summed E-state index contributed by atoms with van der Waals surface area (Å²) >= 11 is 0. The highest BCUT2D eigenvalue weighted by Crippen LogP contribution is 2.19. The monoisotopic (exact) mass is 253 g/mol. The Morgan fingerprint density at radius 3 is 2.26 bits per heavy atom. The van der Waals surface area contributed by atoms with E-state index < -0.39 is 0 Å². The molecule has 0 radical (unpaired) electrons. The second kappa shape index (κ2) is 5.70. The Kier molecular flexibility index (Phi) is 4.00. The number of hydrogen-bond donors (Lipinski definition) is 1. The van der Waals surface area contributed by atoms with Gasteiger partial charge in [0.2, 0.25) is 5.91 Å². The zero-order valence-electron chi connectivity index (χ0n) is 11.7. The normalized spacial score (nSPS) is 10.3. The van der Waals surface area contributed by atoms with Gasteiger partial charge in [-0.2, -0.15) is 0 Å². The highest BCUT2D eigenvalue weighted by Gasteiger charge is 2.08. The SMILES string of the molecule is Cc1cccc(CC(=O)Nc2c(C)cccc2C)c1. The van der Waals surface area contributed by atoms with Gasteiger partial charge in [-0.1, -0.05) is 48.0 Å². The van der Waals surface area contributed by atoms with Gasteiger partial charge in [0.1, 0.15) is 0 Å². The van der Waals surface area contributed by atoms with Crippen LogP contribution in [-0.4, -0.2) is 5.91 Å². The molecule has 0 fully saturated rings. The van der Waals surface area contributed by atoms with Crippen LogP contribution in [0.15, 0.2) is 42.5 Å². The van der Waals surface area contributed by atoms with Gasteiger partial charge >= 0.3 is 0 Å². The minimum atomic E-state index is 0.0306. The summed E-state index contributed by atoms with van der Waals surface area (Å²) in [6, 6.07) is 14.1. The number of nitrogens with one attached hydrogen (secondary N) is 1. The van der Waals surface area contributed by atoms with E-state index in [1.165, 1.54) is 5.56 Å². The Bertz CT molecular complexity index is 582. The Morgan fingerprint density at radius 2 is 1.63 bits per heavy atom. The lowest BCUT2D eigenvalue weighted by Gasteiger charge is -2.11. The van der Waals surface area contributed by atoms with Gasteiger partial charge in [0.05, 0.1) is 6.42 Å². The van der Waals surface area contributed by atoms with Gasteiger partial charge in [0, 0.05) is 5.69 Å². The summed E-state index contributed by atoms with van der Waals surface area (Å²) < 4.78 is 0. The first-order chi connectivity index (χ1) is 9.06. The van der Waals surface area contributed by atoms with Crippen LogP contribution < -0.4 is 5.32 Å². The molecule has 2 aromatic carbocycles. The quantitative estimate of drug-likeness (QED) is 0.885. The van der Waals surface area contributed by atoms with Crippen molar-refractivity contribution in [3.8, 4) is 0 Å². The molecule has 0 heterocycles. The van der Waals surface area contributed by atoms with Crippen molar-refractivity contribution in [2.75, 3.05) is 5.32 Å². The first kappa shape index (κ1) is 13.3. The average Bonchev–Trinajstić information content (AvgIpc) is 2.34. The molecule has 2 heteroatoms. The fraction of sp³-hybridized carbons (Fsp3) is 0.235. The molecular weight excluding hydrogens is 234 g/mol. The Hall–Kier alpha value is -2.09. The third-order valence-corrected chi connectivity index (χ3v) is 3.19. The molecule has 2 aromatic rings. The zero-order valence-corrected chi connectivity index (χ0v) is 11.7. The maximum Gasteiger partial charge on any atom is 0.228 e. The number of rotatable bonds is 3. The number of amides is 1. The van der Waals surface area contributed by atoms with Crippen molar-refractivity contribution >= 4 is 11.6 Å². The number of carbonyl (C=O) groups is 1. The first-order valence-electron chi connectivity index (χ1n) is 6.48. The van der Waals surface area contributed by atoms with Gasteiger partial charge in [-0.3, -0.25) is 4.79 Å². The van der Waals surface area contributed by atoms with Crippen molar-refractivity contribution in [2.45, 2.75) is 27.2 Å². The minimum absolute atomic E-state index is 0.0306. The Labute approximate surface area is 114 Å². The molecule has 1 N–H and O–H groups in total. The maximum atomic E-state index is 12.1. The number of anilines is 1. The van der Waals surface area contributed by atoms with E-state index in [2.05, 4.69) is 5.32 Å². The molecule has 0 atom stereocenters. The predicted octanol–water partition coefficient (Wildman–Crippen LogP) is 3.79. The summed E-state index contributed by atoms with van der Waals surface area (Å²) in [7, 11) is 0. The Balaban J connectivity index is 2.10. The number of para-hydroxylation sites is 1. The van der Waals surface area contributed by atoms with Crippen LogP contribution in [0, 0.1) is 20.8 Å². The molecule has 0 aliphatic carbocycles. The standard InChI is InChI=1S/C17H19NO/c1-12-6-4-9-15(10-12)11-16(19)18-17-13(2)7-5-8-14(17)3/h4-10H,11H2,1-3H3,(H,18,19). The molecule has 19 heavy (non-hydrogen) atoms. The molecule has 2 nitrogen and oxygen atoms in total. The molecule has 0 saturated heterocycles. The van der Waals surface area contributed by atoms with E-state index in [1.807, 2.05) is 63.2 Å². The third-order valence-electron chi connectivity index (χ3n) is 3.19. The molecular formula is C17H19NO. The fourth-order valence-corrected chi connectivity index (χ4v) is 2.20. The second-order valence-corrected chi connectivity index (χ2v) is 4.98. The van der Waals surface area contributed by atoms with Gasteiger partial charge in [-0.05, 0) is 37.5 Å². The van der Waals surface area contributed by atoms with Crippen molar-refractivity contribution in [2.24, 2.45) is 0 Å². The van der Waals surface area contributed by atoms with Gasteiger partial charge in [-0.25, -0.2) is 0 Å². The van der Waals surface area contributed by atoms with Crippen LogP contribution in [0.4, 0.5) is 5.69 Å². The van der Waals surface area contributed by atoms with E-state index >= 15 is 0 Å². The lowest BCUT2D eigenvalue weighted by atomic mass is 10.1. The molecule has 0 unspecified atom stereocenters. The lowest BCUT2D eigenvalue weighted by molar-refractivity contribution is -0.115. The van der Waals surface area contributed by atoms with E-state index in [4.69, 9.17) is 0 Å². The molecule has 0 aliphatic rings. The van der Waals surface area contributed by atoms with Gasteiger partial charge in [0.15, 0.2) is 0 Å². The summed E-state index contributed by atoms with van der Waals surface area (Å²) in [5, 5.41) is 3.01. The first-order valence-corrected chi connectivity index (χ1v) is 6.48. The molecule has 2 rings (SSSR count). The summed E-state index contributed by atoms with van der Waals surface area (Å²) in [5.74, 6) is 0.0306. The molecule has 1 amide bonds. The molecule has 0 bridgehead atoms. The molecule has 0 spiro atoms. The van der Waals surface area contributed by atoms with Gasteiger partial charge < -0.3 is 5.32 Å². The molecule has 98 valence electrons. The second-order valence-electron chi connectivity index (χ2n) is 4.98. The van der Waals surface area contributed by atoms with Crippen LogP contribution in [0.5, 0.6) is 0 Å². The zero-order chi connectivity index (χ0) is 13.8. The van der Waals surface area contributed by atoms with Crippen LogP contribution in [0.2, 0.25) is 0 Å². The highest BCUT2D eigenvalue weighted by molar-refractivity contribution is 5.93. The molecule has 0 aliphatic heterocycles. The lowest BCUT2D eigenvalue weighted by Crippen LogP contribution is -2.16. The van der Waals surface area contributed by atoms with Crippen LogP contribution in [0.3, 0.4) is 0 Å². The average molecular weight is 253 g/mol.